The van der Waals surface area contributed by atoms with Crippen molar-refractivity contribution in [2.45, 2.75) is 109 Å². The zero-order chi connectivity index (χ0) is 22.2. The molecule has 3 aliphatic rings. The van der Waals surface area contributed by atoms with E-state index in [1.807, 2.05) is 20.8 Å². The largest absolute Gasteiger partial charge is 0.457 e. The van der Waals surface area contributed by atoms with Gasteiger partial charge in [0.25, 0.3) is 0 Å². The second-order valence-corrected chi connectivity index (χ2v) is 10.6. The average molecular weight is 413 g/mol. The van der Waals surface area contributed by atoms with Crippen molar-refractivity contribution >= 4 is 11.8 Å². The van der Waals surface area contributed by atoms with Gasteiger partial charge in [0.2, 0.25) is 0 Å². The summed E-state index contributed by atoms with van der Waals surface area (Å²) >= 11 is 0. The van der Waals surface area contributed by atoms with Gasteiger partial charge in [0, 0.05) is 24.7 Å². The lowest BCUT2D eigenvalue weighted by molar-refractivity contribution is -0.375. The van der Waals surface area contributed by atoms with Crippen LogP contribution >= 0.6 is 0 Å². The van der Waals surface area contributed by atoms with E-state index in [1.54, 1.807) is 13.8 Å². The van der Waals surface area contributed by atoms with Crippen LogP contribution in [0.5, 0.6) is 0 Å². The van der Waals surface area contributed by atoms with Crippen molar-refractivity contribution in [1.82, 2.24) is 0 Å². The quantitative estimate of drug-likeness (QED) is 0.592. The summed E-state index contributed by atoms with van der Waals surface area (Å²) in [6.45, 7) is 12.0. The summed E-state index contributed by atoms with van der Waals surface area (Å²) in [6, 6.07) is 0. The van der Waals surface area contributed by atoms with Crippen LogP contribution in [0, 0.1) is 16.7 Å². The van der Waals surface area contributed by atoms with Crippen molar-refractivity contribution in [3.05, 3.63) is 0 Å². The van der Waals surface area contributed by atoms with E-state index in [1.165, 1.54) is 13.8 Å². The molecule has 0 spiro atoms. The predicted molar refractivity (Wildman–Crippen MR) is 105 cm³/mol. The summed E-state index contributed by atoms with van der Waals surface area (Å²) in [5, 5.41) is 34.8. The second-order valence-electron chi connectivity index (χ2n) is 10.6. The van der Waals surface area contributed by atoms with Crippen LogP contribution in [0.1, 0.15) is 74.1 Å². The van der Waals surface area contributed by atoms with Crippen molar-refractivity contribution < 1.29 is 34.4 Å². The van der Waals surface area contributed by atoms with Crippen molar-refractivity contribution in [3.8, 4) is 0 Å². The minimum atomic E-state index is -2.13. The molecule has 7 nitrogen and oxygen atoms in total. The third-order valence-electron chi connectivity index (χ3n) is 8.37. The van der Waals surface area contributed by atoms with Gasteiger partial charge in [-0.1, -0.05) is 27.7 Å². The van der Waals surface area contributed by atoms with E-state index in [-0.39, 0.29) is 6.42 Å². The molecule has 1 aliphatic heterocycles. The van der Waals surface area contributed by atoms with Crippen molar-refractivity contribution in [1.29, 1.82) is 0 Å². The van der Waals surface area contributed by atoms with Gasteiger partial charge in [0.05, 0.1) is 17.8 Å². The molecule has 3 fully saturated rings. The fourth-order valence-corrected chi connectivity index (χ4v) is 6.79. The third-order valence-corrected chi connectivity index (χ3v) is 8.37. The number of hydrogen-bond donors (Lipinski definition) is 3. The van der Waals surface area contributed by atoms with Crippen molar-refractivity contribution in [2.75, 3.05) is 0 Å². The number of ether oxygens (including phenoxy) is 2. The summed E-state index contributed by atoms with van der Waals surface area (Å²) in [5.41, 5.74) is -6.59. The molecular formula is C22H36O7. The number of Topliss-reactive ketones (excluding diaryl/α,β-unsaturated/α-hetero) is 1. The zero-order valence-electron chi connectivity index (χ0n) is 18.6. The Balaban J connectivity index is 2.31. The number of aliphatic hydroxyl groups excluding tert-OH is 2. The molecule has 0 bridgehead atoms. The van der Waals surface area contributed by atoms with E-state index < -0.39 is 63.6 Å². The first-order chi connectivity index (χ1) is 13.1. The highest BCUT2D eigenvalue weighted by atomic mass is 16.6. The average Bonchev–Trinajstić information content (AvgIpc) is 2.59. The molecule has 3 rings (SSSR count). The van der Waals surface area contributed by atoms with E-state index in [4.69, 9.17) is 9.47 Å². The maximum atomic E-state index is 13.6. The van der Waals surface area contributed by atoms with Crippen LogP contribution in [-0.4, -0.2) is 62.2 Å². The molecule has 0 aromatic carbocycles. The number of fused-ring (bicyclic) bond motifs is 3. The molecule has 0 radical (unpaired) electrons. The van der Waals surface area contributed by atoms with Gasteiger partial charge in [-0.15, -0.1) is 0 Å². The Bertz CT molecular complexity index is 720. The van der Waals surface area contributed by atoms with E-state index >= 15 is 0 Å². The third kappa shape index (κ3) is 2.70. The first-order valence-corrected chi connectivity index (χ1v) is 10.6. The lowest BCUT2D eigenvalue weighted by atomic mass is 9.39. The van der Waals surface area contributed by atoms with Gasteiger partial charge >= 0.3 is 5.97 Å². The van der Waals surface area contributed by atoms with Crippen LogP contribution in [0.4, 0.5) is 0 Å². The molecule has 1 saturated heterocycles. The normalized spacial score (nSPS) is 51.7. The fourth-order valence-electron chi connectivity index (χ4n) is 6.79. The summed E-state index contributed by atoms with van der Waals surface area (Å²) < 4.78 is 11.9. The highest BCUT2D eigenvalue weighted by Gasteiger charge is 2.81. The molecule has 3 N–H and O–H groups in total. The summed E-state index contributed by atoms with van der Waals surface area (Å²) in [5.74, 6) is -1.75. The van der Waals surface area contributed by atoms with Gasteiger partial charge in [-0.05, 0) is 38.5 Å². The Labute approximate surface area is 172 Å². The molecule has 7 heteroatoms. The van der Waals surface area contributed by atoms with Crippen LogP contribution in [0.2, 0.25) is 0 Å². The Kier molecular flexibility index (Phi) is 5.07. The van der Waals surface area contributed by atoms with Crippen LogP contribution in [0.15, 0.2) is 0 Å². The first kappa shape index (κ1) is 22.7. The predicted octanol–water partition coefficient (Wildman–Crippen LogP) is 1.74. The highest BCUT2D eigenvalue weighted by molar-refractivity contribution is 5.92. The molecule has 0 aromatic heterocycles. The first-order valence-electron chi connectivity index (χ1n) is 10.6. The van der Waals surface area contributed by atoms with E-state index in [0.717, 1.165) is 0 Å². The number of carbonyl (C=O) groups excluding carboxylic acids is 2. The molecule has 1 heterocycles. The van der Waals surface area contributed by atoms with Crippen molar-refractivity contribution in [3.63, 3.8) is 0 Å². The molecule has 3 unspecified atom stereocenters. The summed E-state index contributed by atoms with van der Waals surface area (Å²) in [7, 11) is 0. The van der Waals surface area contributed by atoms with Gasteiger partial charge < -0.3 is 24.8 Å². The Morgan fingerprint density at radius 1 is 1.21 bits per heavy atom. The Hall–Kier alpha value is -1.02. The SMILES string of the molecule is CC[C@@]1(C)CC(=O)[C@]2(O)C3(C)[C@@H](O)CCC(C)(C)[C@@H]3C(O)C(OC(C)=O)[C@@]2(C)O1. The van der Waals surface area contributed by atoms with E-state index in [2.05, 4.69) is 0 Å². The molecule has 166 valence electrons. The smallest absolute Gasteiger partial charge is 0.303 e. The molecule has 8 atom stereocenters. The molecule has 29 heavy (non-hydrogen) atoms. The number of carbonyl (C=O) groups is 2. The van der Waals surface area contributed by atoms with Crippen LogP contribution in [0.25, 0.3) is 0 Å². The number of aliphatic hydroxyl groups is 3. The molecule has 2 aliphatic carbocycles. The number of ketones is 1. The van der Waals surface area contributed by atoms with Crippen molar-refractivity contribution in [2.24, 2.45) is 16.7 Å². The monoisotopic (exact) mass is 412 g/mol. The second kappa shape index (κ2) is 6.49. The van der Waals surface area contributed by atoms with Crippen LogP contribution in [-0.2, 0) is 19.1 Å². The van der Waals surface area contributed by atoms with Gasteiger partial charge in [-0.2, -0.15) is 0 Å². The van der Waals surface area contributed by atoms with Crippen LogP contribution in [0.3, 0.4) is 0 Å². The maximum absolute atomic E-state index is 13.6. The van der Waals surface area contributed by atoms with Gasteiger partial charge in [0.1, 0.15) is 5.60 Å². The van der Waals surface area contributed by atoms with E-state index in [0.29, 0.717) is 19.3 Å². The molecule has 0 amide bonds. The van der Waals surface area contributed by atoms with Crippen LogP contribution < -0.4 is 0 Å². The Morgan fingerprint density at radius 3 is 2.31 bits per heavy atom. The minimum absolute atomic E-state index is 0.0199. The fraction of sp³-hybridized carbons (Fsp3) is 0.909. The number of rotatable bonds is 2. The standard InChI is InChI=1S/C22H36O7/c1-8-19(5)11-14(25)22(27)20(6)13(24)9-10-18(3,4)16(20)15(26)17(28-12(2)23)21(22,7)29-19/h13,15-17,24,26-27H,8-11H2,1-7H3/t13-,15?,16-,17?,19-,20?,21+,22-/m0/s1. The van der Waals surface area contributed by atoms with Gasteiger partial charge in [0.15, 0.2) is 17.5 Å². The van der Waals surface area contributed by atoms with Gasteiger partial charge in [-0.25, -0.2) is 0 Å². The summed E-state index contributed by atoms with van der Waals surface area (Å²) in [6.07, 6.45) is -2.01. The number of esters is 1. The summed E-state index contributed by atoms with van der Waals surface area (Å²) in [4.78, 5) is 25.6. The van der Waals surface area contributed by atoms with E-state index in [9.17, 15) is 24.9 Å². The molecule has 2 saturated carbocycles. The van der Waals surface area contributed by atoms with Gasteiger partial charge in [-0.3, -0.25) is 9.59 Å². The zero-order valence-corrected chi connectivity index (χ0v) is 18.6. The minimum Gasteiger partial charge on any atom is -0.457 e. The topological polar surface area (TPSA) is 113 Å². The highest BCUT2D eigenvalue weighted by Crippen LogP contribution is 2.67. The lowest BCUT2D eigenvalue weighted by Crippen LogP contribution is -2.86. The lowest BCUT2D eigenvalue weighted by Gasteiger charge is -2.71. The molecule has 0 aromatic rings. The number of hydrogen-bond acceptors (Lipinski definition) is 7. The Morgan fingerprint density at radius 2 is 1.79 bits per heavy atom. The molecular weight excluding hydrogens is 376 g/mol. The maximum Gasteiger partial charge on any atom is 0.303 e.